The van der Waals surface area contributed by atoms with Crippen LogP contribution in [0.15, 0.2) is 110 Å². The SMILES string of the molecule is Cc1nn(COCC[Si](C)(C)C)c(C)c1-c1ccc(NC(=O)[C@@H](N)[C@@H]2CCCc3ccc(-c4cnn(C5CC5)c4)cc32)cc1.Cc1nn(COCC[Si](C)(C)C)c(C)c1-c1ccc(NC(=O)[C@@H](N[B]C=O)[C@@H]2CCCc3ccc(-c4cnn(C5CC5)c4)cc32)cc1.Cl. The lowest BCUT2D eigenvalue weighted by Crippen LogP contribution is -2.47. The van der Waals surface area contributed by atoms with Gasteiger partial charge in [-0.05, 0) is 173 Å². The maximum Gasteiger partial charge on any atom is 0.291 e. The summed E-state index contributed by atoms with van der Waals surface area (Å²) in [7, 11) is -0.942. The van der Waals surface area contributed by atoms with Crippen LogP contribution in [0.3, 0.4) is 0 Å². The highest BCUT2D eigenvalue weighted by atomic mass is 35.5. The number of hydrogen-bond acceptors (Lipinski definition) is 11. The summed E-state index contributed by atoms with van der Waals surface area (Å²) < 4.78 is 19.9. The number of carbonyl (C=O) groups excluding carboxylic acids is 3. The number of aryl methyl sites for hydroxylation is 4. The smallest absolute Gasteiger partial charge is 0.291 e. The fourth-order valence-electron chi connectivity index (χ4n) is 12.9. The van der Waals surface area contributed by atoms with Gasteiger partial charge < -0.3 is 35.9 Å². The number of fused-ring (bicyclic) bond motifs is 2. The van der Waals surface area contributed by atoms with Crippen LogP contribution in [0.2, 0.25) is 51.4 Å². The molecule has 0 spiro atoms. The highest BCUT2D eigenvalue weighted by molar-refractivity contribution is 6.76. The number of nitrogens with two attached hydrogens (primary N) is 1. The number of nitrogens with one attached hydrogen (secondary N) is 3. The van der Waals surface area contributed by atoms with Crippen LogP contribution >= 0.6 is 12.4 Å². The van der Waals surface area contributed by atoms with E-state index in [9.17, 15) is 14.4 Å². The third kappa shape index (κ3) is 16.6. The molecule has 4 atom stereocenters. The molecule has 4 heterocycles. The zero-order valence-electron chi connectivity index (χ0n) is 55.4. The molecule has 1 radical (unpaired) electrons. The molecular formula is C71H93BClN12O5Si2. The van der Waals surface area contributed by atoms with Gasteiger partial charge >= 0.3 is 0 Å². The number of nitrogens with zero attached hydrogens (tertiary/aromatic N) is 8. The number of carbonyl (C=O) groups is 3. The van der Waals surface area contributed by atoms with Crippen molar-refractivity contribution in [3.63, 3.8) is 0 Å². The number of benzene rings is 4. The Morgan fingerprint density at radius 3 is 1.46 bits per heavy atom. The molecule has 2 saturated carbocycles. The van der Waals surface area contributed by atoms with Gasteiger partial charge in [0.05, 0.1) is 54.1 Å². The summed E-state index contributed by atoms with van der Waals surface area (Å²) in [5.74, 6) is -0.438. The van der Waals surface area contributed by atoms with Crippen LogP contribution in [0.25, 0.3) is 44.5 Å². The molecule has 4 aromatic carbocycles. The second-order valence-electron chi connectivity index (χ2n) is 28.1. The van der Waals surface area contributed by atoms with E-state index in [4.69, 9.17) is 25.4 Å². The molecule has 4 aromatic heterocycles. The molecule has 0 aliphatic heterocycles. The first kappa shape index (κ1) is 67.8. The van der Waals surface area contributed by atoms with Gasteiger partial charge in [-0.1, -0.05) is 99.9 Å². The van der Waals surface area contributed by atoms with E-state index < -0.39 is 28.2 Å². The molecule has 0 saturated heterocycles. The summed E-state index contributed by atoms with van der Waals surface area (Å²) in [6.07, 6.45) is 19.4. The third-order valence-electron chi connectivity index (χ3n) is 18.6. The van der Waals surface area contributed by atoms with Gasteiger partial charge in [0.2, 0.25) is 11.8 Å². The average molecular weight is 1300 g/mol. The highest BCUT2D eigenvalue weighted by Crippen LogP contribution is 2.41. The summed E-state index contributed by atoms with van der Waals surface area (Å²) in [6, 6.07) is 31.2. The summed E-state index contributed by atoms with van der Waals surface area (Å²) in [4.78, 5) is 38.7. The van der Waals surface area contributed by atoms with E-state index in [-0.39, 0.29) is 36.1 Å². The molecule has 0 bridgehead atoms. The van der Waals surface area contributed by atoms with Crippen molar-refractivity contribution in [1.29, 1.82) is 0 Å². The monoisotopic (exact) mass is 1300 g/mol. The second-order valence-corrected chi connectivity index (χ2v) is 39.3. The minimum absolute atomic E-state index is 0. The van der Waals surface area contributed by atoms with Crippen LogP contribution in [0.4, 0.5) is 11.4 Å². The summed E-state index contributed by atoms with van der Waals surface area (Å²) in [5, 5.41) is 28.0. The van der Waals surface area contributed by atoms with Crippen molar-refractivity contribution in [2.24, 2.45) is 5.73 Å². The minimum atomic E-state index is -1.15. The Labute approximate surface area is 552 Å². The van der Waals surface area contributed by atoms with Crippen LogP contribution in [0.1, 0.15) is 120 Å². The van der Waals surface area contributed by atoms with Gasteiger partial charge in [0, 0.05) is 98.6 Å². The number of rotatable bonds is 25. The number of amides is 2. The summed E-state index contributed by atoms with van der Waals surface area (Å²) in [5.41, 5.74) is 25.8. The molecule has 12 rings (SSSR count). The molecule has 2 fully saturated rings. The lowest BCUT2D eigenvalue weighted by atomic mass is 9.76. The Bertz CT molecular complexity index is 3860. The van der Waals surface area contributed by atoms with Gasteiger partial charge in [0.25, 0.3) is 7.41 Å². The first-order chi connectivity index (χ1) is 43.7. The first-order valence-corrected chi connectivity index (χ1v) is 40.3. The number of halogens is 1. The molecule has 8 aromatic rings. The van der Waals surface area contributed by atoms with Crippen LogP contribution in [-0.4, -0.2) is 106 Å². The van der Waals surface area contributed by atoms with Crippen LogP contribution in [0, 0.1) is 27.7 Å². The topological polar surface area (TPSA) is 203 Å². The largest absolute Gasteiger partial charge is 0.360 e. The Balaban J connectivity index is 0.000000200. The molecule has 0 unspecified atom stereocenters. The Hall–Kier alpha value is -7.04. The lowest BCUT2D eigenvalue weighted by molar-refractivity contribution is -0.119. The van der Waals surface area contributed by atoms with Gasteiger partial charge in [-0.3, -0.25) is 19.0 Å². The average Bonchev–Trinajstić information content (AvgIpc) is 1.15. The van der Waals surface area contributed by atoms with Crippen molar-refractivity contribution < 1.29 is 23.9 Å². The van der Waals surface area contributed by atoms with Gasteiger partial charge in [-0.2, -0.15) is 20.4 Å². The van der Waals surface area contributed by atoms with E-state index in [2.05, 4.69) is 137 Å². The van der Waals surface area contributed by atoms with Crippen molar-refractivity contribution in [2.45, 2.75) is 193 Å². The maximum absolute atomic E-state index is 13.9. The fraction of sp³-hybridized carbons (Fsp3) is 0.451. The van der Waals surface area contributed by atoms with Gasteiger partial charge in [-0.15, -0.1) is 12.4 Å². The van der Waals surface area contributed by atoms with Gasteiger partial charge in [0.1, 0.15) is 13.5 Å². The number of ether oxygens (including phenoxy) is 2. The van der Waals surface area contributed by atoms with Crippen LogP contribution in [0.5, 0.6) is 0 Å². The predicted molar refractivity (Wildman–Crippen MR) is 378 cm³/mol. The summed E-state index contributed by atoms with van der Waals surface area (Å²) >= 11 is 0. The fourth-order valence-corrected chi connectivity index (χ4v) is 14.4. The quantitative estimate of drug-likeness (QED) is 0.0241. The molecular weight excluding hydrogens is 1200 g/mol. The van der Waals surface area contributed by atoms with E-state index >= 15 is 0 Å². The second kappa shape index (κ2) is 29.5. The molecule has 4 aliphatic carbocycles. The first-order valence-electron chi connectivity index (χ1n) is 32.9. The lowest BCUT2D eigenvalue weighted by Gasteiger charge is -2.32. The number of aromatic nitrogens is 8. The van der Waals surface area contributed by atoms with Crippen molar-refractivity contribution in [2.75, 3.05) is 23.8 Å². The zero-order chi connectivity index (χ0) is 64.1. The van der Waals surface area contributed by atoms with Crippen molar-refractivity contribution in [3.05, 3.63) is 155 Å². The van der Waals surface area contributed by atoms with Gasteiger partial charge in [-0.25, -0.2) is 9.36 Å². The van der Waals surface area contributed by atoms with E-state index in [1.165, 1.54) is 49.8 Å². The molecule has 4 aliphatic rings. The number of hydrogen-bond donors (Lipinski definition) is 4. The Kier molecular flexibility index (Phi) is 21.8. The molecule has 2 amide bonds. The minimum Gasteiger partial charge on any atom is -0.360 e. The van der Waals surface area contributed by atoms with Crippen LogP contribution in [-0.2, 0) is 50.2 Å². The Morgan fingerprint density at radius 1 is 0.598 bits per heavy atom. The maximum atomic E-state index is 13.9. The zero-order valence-corrected chi connectivity index (χ0v) is 58.2. The normalized spacial score (nSPS) is 16.9. The molecule has 17 nitrogen and oxygen atoms in total. The predicted octanol–water partition coefficient (Wildman–Crippen LogP) is 14.0. The molecule has 5 N–H and O–H groups in total. The molecule has 21 heteroatoms. The summed E-state index contributed by atoms with van der Waals surface area (Å²) in [6.45, 7) is 24.7. The number of anilines is 2. The molecule has 92 heavy (non-hydrogen) atoms. The third-order valence-corrected chi connectivity index (χ3v) is 22.0. The van der Waals surface area contributed by atoms with Gasteiger partial charge in [0.15, 0.2) is 0 Å². The standard InChI is InChI=1S/C36H46BN6O3Si.C35H46N6O2Si.ClH/c1-24-34(25(2)43(41-24)23-46-17-18-47(3,4)5)27-11-13-30(14-12-27)39-36(45)35(40-37-22-44)32-8-6-7-26-9-10-28(19-33(26)32)29-20-38-42(21-29)31-15-16-31;1-23-33(24(2)41(39-23)22-43-17-18-44(3,4)5)26-11-13-29(14-12-26)38-35(42)34(36)31-8-6-7-25-9-10-27(19-32(25)31)28-20-37-40(21-28)30-15-16-30;/h9-14,19-22,31-32,35,40H,6-8,15-18,23H2,1-5H3,(H,39,45);9-14,19-21,30-31,34H,6-8,15-18,22,36H2,1-5H3,(H,38,42);1H/t32-,35+;31-,34+;/m11./s1. The van der Waals surface area contributed by atoms with Crippen molar-refractivity contribution >= 4 is 65.3 Å². The van der Waals surface area contributed by atoms with E-state index in [0.29, 0.717) is 37.4 Å². The van der Waals surface area contributed by atoms with Crippen LogP contribution < -0.4 is 21.6 Å². The van der Waals surface area contributed by atoms with E-state index in [0.717, 1.165) is 142 Å². The van der Waals surface area contributed by atoms with E-state index in [1.54, 1.807) is 0 Å². The van der Waals surface area contributed by atoms with Crippen molar-refractivity contribution in [1.82, 2.24) is 44.3 Å². The van der Waals surface area contributed by atoms with E-state index in [1.807, 2.05) is 84.1 Å². The highest BCUT2D eigenvalue weighted by Gasteiger charge is 2.35. The van der Waals surface area contributed by atoms with Crippen molar-refractivity contribution in [3.8, 4) is 44.5 Å². The Morgan fingerprint density at radius 2 is 1.02 bits per heavy atom. The molecule has 485 valence electrons.